The highest BCUT2D eigenvalue weighted by molar-refractivity contribution is 7.29. The molecule has 0 N–H and O–H groups in total. The van der Waals surface area contributed by atoms with E-state index in [9.17, 15) is 0 Å². The number of rotatable bonds is 3. The van der Waals surface area contributed by atoms with Gasteiger partial charge in [0.25, 0.3) is 0 Å². The normalized spacial score (nSPS) is 12.0. The van der Waals surface area contributed by atoms with Crippen molar-refractivity contribution in [3.05, 3.63) is 170 Å². The average Bonchev–Trinajstić information content (AvgIpc) is 3.75. The van der Waals surface area contributed by atoms with Crippen LogP contribution in [0.5, 0.6) is 0 Å². The van der Waals surface area contributed by atoms with E-state index in [2.05, 4.69) is 170 Å². The second-order valence-corrected chi connectivity index (χ2v) is 15.3. The van der Waals surface area contributed by atoms with E-state index in [1.165, 1.54) is 106 Å². The van der Waals surface area contributed by atoms with Crippen molar-refractivity contribution in [1.29, 1.82) is 0 Å². The molecule has 2 heteroatoms. The van der Waals surface area contributed by atoms with Crippen molar-refractivity contribution in [2.24, 2.45) is 0 Å². The summed E-state index contributed by atoms with van der Waals surface area (Å²) in [5.41, 5.74) is 7.64. The van der Waals surface area contributed by atoms with E-state index in [-0.39, 0.29) is 0 Å². The van der Waals surface area contributed by atoms with E-state index in [0.717, 1.165) is 0 Å². The second kappa shape index (κ2) is 10.9. The van der Waals surface area contributed by atoms with Crippen LogP contribution in [0.3, 0.4) is 0 Å². The van der Waals surface area contributed by atoms with Crippen LogP contribution < -0.4 is 0 Å². The Morgan fingerprint density at radius 3 is 1.56 bits per heavy atom. The van der Waals surface area contributed by atoms with Crippen LogP contribution in [0.4, 0.5) is 0 Å². The quantitative estimate of drug-likeness (QED) is 0.164. The first kappa shape index (κ1) is 28.1. The van der Waals surface area contributed by atoms with Crippen molar-refractivity contribution in [3.63, 3.8) is 0 Å². The monoisotopic (exact) mass is 668 g/mol. The Balaban J connectivity index is 1.18. The molecule has 0 saturated heterocycles. The Morgan fingerprint density at radius 2 is 0.840 bits per heavy atom. The average molecular weight is 669 g/mol. The third-order valence-corrected chi connectivity index (χ3v) is 12.8. The Bertz CT molecular complexity index is 3080. The van der Waals surface area contributed by atoms with Crippen LogP contribution >= 0.6 is 22.7 Å². The fourth-order valence-corrected chi connectivity index (χ4v) is 10.8. The van der Waals surface area contributed by atoms with Gasteiger partial charge in [-0.25, -0.2) is 0 Å². The largest absolute Gasteiger partial charge is 0.135 e. The third-order valence-electron chi connectivity index (χ3n) is 10.5. The van der Waals surface area contributed by atoms with Gasteiger partial charge in [0.1, 0.15) is 0 Å². The zero-order chi connectivity index (χ0) is 32.8. The summed E-state index contributed by atoms with van der Waals surface area (Å²) in [5.74, 6) is 0. The third kappa shape index (κ3) is 4.04. The van der Waals surface area contributed by atoms with Crippen LogP contribution in [-0.4, -0.2) is 0 Å². The van der Waals surface area contributed by atoms with Crippen molar-refractivity contribution in [1.82, 2.24) is 0 Å². The molecule has 9 aromatic carbocycles. The van der Waals surface area contributed by atoms with Crippen molar-refractivity contribution < 1.29 is 0 Å². The molecule has 0 radical (unpaired) electrons. The zero-order valence-corrected chi connectivity index (χ0v) is 28.6. The summed E-state index contributed by atoms with van der Waals surface area (Å²) in [6.07, 6.45) is 0. The maximum atomic E-state index is 2.44. The van der Waals surface area contributed by atoms with Gasteiger partial charge in [0.05, 0.1) is 0 Å². The Kier molecular flexibility index (Phi) is 6.09. The lowest BCUT2D eigenvalue weighted by molar-refractivity contribution is 1.64. The molecule has 11 rings (SSSR count). The minimum Gasteiger partial charge on any atom is -0.135 e. The Labute approximate surface area is 297 Å². The molecule has 0 unspecified atom stereocenters. The van der Waals surface area contributed by atoms with Crippen LogP contribution in [0.1, 0.15) is 0 Å². The van der Waals surface area contributed by atoms with Gasteiger partial charge in [-0.15, -0.1) is 22.7 Å². The van der Waals surface area contributed by atoms with Crippen molar-refractivity contribution in [2.75, 3.05) is 0 Å². The van der Waals surface area contributed by atoms with E-state index in [4.69, 9.17) is 0 Å². The molecule has 50 heavy (non-hydrogen) atoms. The van der Waals surface area contributed by atoms with Gasteiger partial charge in [0.15, 0.2) is 0 Å². The molecule has 11 aromatic rings. The molecular weight excluding hydrogens is 641 g/mol. The summed E-state index contributed by atoms with van der Waals surface area (Å²) in [5, 5.41) is 13.1. The molecular formula is C48H28S2. The first-order valence-corrected chi connectivity index (χ1v) is 18.7. The summed E-state index contributed by atoms with van der Waals surface area (Å²) >= 11 is 3.83. The number of hydrogen-bond donors (Lipinski definition) is 0. The minimum atomic E-state index is 1.24. The highest BCUT2D eigenvalue weighted by Gasteiger charge is 2.20. The molecule has 0 nitrogen and oxygen atoms in total. The Hall–Kier alpha value is -5.80. The predicted molar refractivity (Wildman–Crippen MR) is 221 cm³/mol. The molecule has 0 aliphatic carbocycles. The smallest absolute Gasteiger partial charge is 0.0448 e. The summed E-state index contributed by atoms with van der Waals surface area (Å²) in [6.45, 7) is 0. The maximum Gasteiger partial charge on any atom is 0.0448 e. The molecule has 232 valence electrons. The Morgan fingerprint density at radius 1 is 0.280 bits per heavy atom. The molecule has 0 saturated carbocycles. The zero-order valence-electron chi connectivity index (χ0n) is 27.0. The summed E-state index contributed by atoms with van der Waals surface area (Å²) in [6, 6.07) is 63.0. The maximum absolute atomic E-state index is 2.44. The van der Waals surface area contributed by atoms with E-state index in [1.807, 2.05) is 22.7 Å². The van der Waals surface area contributed by atoms with Gasteiger partial charge in [-0.1, -0.05) is 152 Å². The van der Waals surface area contributed by atoms with Crippen LogP contribution in [-0.2, 0) is 0 Å². The first-order chi connectivity index (χ1) is 24.8. The first-order valence-electron chi connectivity index (χ1n) is 17.1. The summed E-state index contributed by atoms with van der Waals surface area (Å²) in [7, 11) is 0. The lowest BCUT2D eigenvalue weighted by Gasteiger charge is -2.19. The standard InChI is InChI=1S/C48H28S2/c1-2-12-29(13-3-1)31-24-25-39(33-15-5-4-14-32(31)33)46-37-19-8-6-17-35(37)45(36-18-7-9-20-38(36)46)30-22-23-41-44(28-30)49-43-27-26-40-34-16-10-11-21-42(34)50-48(40)47(41)43/h1-28H. The highest BCUT2D eigenvalue weighted by atomic mass is 32.1. The molecule has 0 bridgehead atoms. The van der Waals surface area contributed by atoms with Crippen LogP contribution in [0.15, 0.2) is 170 Å². The van der Waals surface area contributed by atoms with Gasteiger partial charge in [0, 0.05) is 40.3 Å². The molecule has 0 aliphatic heterocycles. The topological polar surface area (TPSA) is 0 Å². The van der Waals surface area contributed by atoms with Gasteiger partial charge in [-0.3, -0.25) is 0 Å². The van der Waals surface area contributed by atoms with E-state index in [0.29, 0.717) is 0 Å². The molecule has 0 aliphatic rings. The highest BCUT2D eigenvalue weighted by Crippen LogP contribution is 2.49. The van der Waals surface area contributed by atoms with Gasteiger partial charge >= 0.3 is 0 Å². The molecule has 0 amide bonds. The SMILES string of the molecule is c1ccc(-c2ccc(-c3c4ccccc4c(-c4ccc5c(c4)sc4ccc6c7ccccc7sc6c45)c4ccccc34)c3ccccc23)cc1. The van der Waals surface area contributed by atoms with Crippen LogP contribution in [0, 0.1) is 0 Å². The van der Waals surface area contributed by atoms with E-state index >= 15 is 0 Å². The lowest BCUT2D eigenvalue weighted by Crippen LogP contribution is -1.92. The predicted octanol–water partition coefficient (Wildman–Crippen LogP) is 14.9. The summed E-state index contributed by atoms with van der Waals surface area (Å²) < 4.78 is 5.44. The van der Waals surface area contributed by atoms with Crippen LogP contribution in [0.25, 0.3) is 106 Å². The number of fused-ring (bicyclic) bond motifs is 10. The van der Waals surface area contributed by atoms with Crippen molar-refractivity contribution >= 4 is 95.3 Å². The summed E-state index contributed by atoms with van der Waals surface area (Å²) in [4.78, 5) is 0. The second-order valence-electron chi connectivity index (χ2n) is 13.1. The van der Waals surface area contributed by atoms with Crippen molar-refractivity contribution in [2.45, 2.75) is 0 Å². The number of thiophene rings is 2. The molecule has 2 aromatic heterocycles. The van der Waals surface area contributed by atoms with Gasteiger partial charge < -0.3 is 0 Å². The molecule has 2 heterocycles. The van der Waals surface area contributed by atoms with E-state index < -0.39 is 0 Å². The molecule has 0 fully saturated rings. The minimum absolute atomic E-state index is 1.24. The number of benzene rings is 9. The van der Waals surface area contributed by atoms with Gasteiger partial charge in [-0.05, 0) is 83.9 Å². The van der Waals surface area contributed by atoms with Gasteiger partial charge in [-0.2, -0.15) is 0 Å². The molecule has 0 atom stereocenters. The lowest BCUT2D eigenvalue weighted by atomic mass is 9.84. The molecule has 0 spiro atoms. The van der Waals surface area contributed by atoms with Crippen molar-refractivity contribution in [3.8, 4) is 33.4 Å². The number of hydrogen-bond acceptors (Lipinski definition) is 2. The van der Waals surface area contributed by atoms with Gasteiger partial charge in [0.2, 0.25) is 0 Å². The van der Waals surface area contributed by atoms with E-state index in [1.54, 1.807) is 0 Å². The van der Waals surface area contributed by atoms with Crippen LogP contribution in [0.2, 0.25) is 0 Å². The fourth-order valence-electron chi connectivity index (χ4n) is 8.31. The fraction of sp³-hybridized carbons (Fsp3) is 0.